The molecule has 1 rings (SSSR count). The molecule has 0 spiro atoms. The number of carbonyl (C=O) groups excluding carboxylic acids is 2. The fourth-order valence-corrected chi connectivity index (χ4v) is 1.17. The molecule has 0 saturated heterocycles. The van der Waals surface area contributed by atoms with Gasteiger partial charge in [-0.3, -0.25) is 9.59 Å². The van der Waals surface area contributed by atoms with Crippen LogP contribution < -0.4 is 5.73 Å². The summed E-state index contributed by atoms with van der Waals surface area (Å²) in [5.74, 6) is -0.287. The number of carbonyl (C=O) groups is 2. The molecule has 4 heteroatoms. The molecule has 0 aromatic carbocycles. The second-order valence-electron chi connectivity index (χ2n) is 2.89. The van der Waals surface area contributed by atoms with Gasteiger partial charge in [0.05, 0.1) is 0 Å². The summed E-state index contributed by atoms with van der Waals surface area (Å²) in [6.07, 6.45) is 3.80. The molecule has 2 N–H and O–H groups in total. The van der Waals surface area contributed by atoms with Crippen LogP contribution in [0.25, 0.3) is 0 Å². The molecule has 0 bridgehead atoms. The van der Waals surface area contributed by atoms with Crippen LogP contribution in [0.3, 0.4) is 0 Å². The number of Topliss-reactive ketones (excluding diaryl/α,β-unsaturated/α-hetero) is 1. The molecule has 62 valence electrons. The molecule has 1 heterocycles. The Kier molecular flexibility index (Phi) is 2.48. The van der Waals surface area contributed by atoms with Gasteiger partial charge in [0.1, 0.15) is 5.78 Å². The second-order valence-corrected chi connectivity index (χ2v) is 2.89. The first-order valence-corrected chi connectivity index (χ1v) is 3.77. The van der Waals surface area contributed by atoms with Crippen molar-refractivity contribution in [3.05, 3.63) is 23.1 Å². The lowest BCUT2D eigenvalue weighted by Crippen LogP contribution is -2.14. The highest BCUT2D eigenvalue weighted by atomic mass is 16.1. The van der Waals surface area contributed by atoms with E-state index < -0.39 is 0 Å². The zero-order valence-electron chi connectivity index (χ0n) is 6.96. The van der Waals surface area contributed by atoms with Gasteiger partial charge in [0.25, 0.3) is 0 Å². The third kappa shape index (κ3) is 2.08. The van der Waals surface area contributed by atoms with E-state index in [9.17, 15) is 9.59 Å². The van der Waals surface area contributed by atoms with Crippen molar-refractivity contribution in [2.75, 3.05) is 0 Å². The number of rotatable bonds is 3. The molecule has 0 unspecified atom stereocenters. The largest absolute Gasteiger partial charge is 0.369 e. The van der Waals surface area contributed by atoms with E-state index in [4.69, 9.17) is 5.73 Å². The van der Waals surface area contributed by atoms with Crippen LogP contribution in [-0.2, 0) is 9.59 Å². The van der Waals surface area contributed by atoms with E-state index in [0.717, 1.165) is 10.9 Å². The fraction of sp³-hybridized carbons (Fsp3) is 0.250. The summed E-state index contributed by atoms with van der Waals surface area (Å²) in [5, 5.41) is 0. The highest BCUT2D eigenvalue weighted by Crippen LogP contribution is 2.13. The van der Waals surface area contributed by atoms with Gasteiger partial charge in [-0.1, -0.05) is 17.6 Å². The zero-order valence-corrected chi connectivity index (χ0v) is 6.96. The molecule has 1 amide bonds. The first-order chi connectivity index (χ1) is 5.59. The summed E-state index contributed by atoms with van der Waals surface area (Å²) < 4.78 is 0. The minimum Gasteiger partial charge on any atom is -0.369 e. The van der Waals surface area contributed by atoms with E-state index in [1.807, 2.05) is 0 Å². The lowest BCUT2D eigenvalue weighted by molar-refractivity contribution is -0.117. The summed E-state index contributed by atoms with van der Waals surface area (Å²) in [7, 11) is 0.582. The normalized spacial score (nSPS) is 14.8. The fourth-order valence-electron chi connectivity index (χ4n) is 1.17. The molecule has 3 nitrogen and oxygen atoms in total. The average molecular weight is 163 g/mol. The Balaban J connectivity index is 2.50. The number of nitrogens with two attached hydrogens (primary N) is 1. The molecule has 0 atom stereocenters. The van der Waals surface area contributed by atoms with Crippen molar-refractivity contribution in [3.63, 3.8) is 0 Å². The predicted molar refractivity (Wildman–Crippen MR) is 47.8 cm³/mol. The van der Waals surface area contributed by atoms with Gasteiger partial charge in [0.15, 0.2) is 7.28 Å². The van der Waals surface area contributed by atoms with E-state index in [2.05, 4.69) is 0 Å². The van der Waals surface area contributed by atoms with E-state index in [1.54, 1.807) is 12.2 Å². The van der Waals surface area contributed by atoms with E-state index >= 15 is 0 Å². The van der Waals surface area contributed by atoms with Crippen molar-refractivity contribution in [3.8, 4) is 0 Å². The van der Waals surface area contributed by atoms with Crippen molar-refractivity contribution in [1.82, 2.24) is 0 Å². The van der Waals surface area contributed by atoms with Crippen LogP contribution in [0.4, 0.5) is 0 Å². The Morgan fingerprint density at radius 1 is 1.50 bits per heavy atom. The highest BCUT2D eigenvalue weighted by Gasteiger charge is 2.14. The van der Waals surface area contributed by atoms with Gasteiger partial charge in [0.2, 0.25) is 5.91 Å². The van der Waals surface area contributed by atoms with Crippen molar-refractivity contribution < 1.29 is 9.59 Å². The van der Waals surface area contributed by atoms with Gasteiger partial charge < -0.3 is 5.73 Å². The second kappa shape index (κ2) is 3.39. The Bertz CT molecular complexity index is 291. The van der Waals surface area contributed by atoms with Gasteiger partial charge in [-0.05, 0) is 12.4 Å². The number of amides is 1. The van der Waals surface area contributed by atoms with Crippen molar-refractivity contribution in [2.24, 2.45) is 5.73 Å². The maximum Gasteiger partial charge on any atom is 0.220 e. The van der Waals surface area contributed by atoms with Crippen LogP contribution >= 0.6 is 0 Å². The average Bonchev–Trinajstić information content (AvgIpc) is 2.34. The minimum atomic E-state index is -0.348. The first kappa shape index (κ1) is 8.78. The number of hydrogen-bond acceptors (Lipinski definition) is 2. The Morgan fingerprint density at radius 3 is 2.58 bits per heavy atom. The maximum atomic E-state index is 10.9. The molecule has 0 aromatic rings. The summed E-state index contributed by atoms with van der Waals surface area (Å²) in [4.78, 5) is 21.4. The lowest BCUT2D eigenvalue weighted by Gasteiger charge is -1.96. The molecule has 1 aliphatic rings. The topological polar surface area (TPSA) is 60.2 Å². The Labute approximate surface area is 71.6 Å². The summed E-state index contributed by atoms with van der Waals surface area (Å²) >= 11 is 0. The van der Waals surface area contributed by atoms with Crippen LogP contribution in [0.5, 0.6) is 0 Å². The molecule has 0 radical (unpaired) electrons. The molecule has 0 saturated carbocycles. The SMILES string of the molecule is CC(=O)C1=CC=C(CC(N)=O)B1. The smallest absolute Gasteiger partial charge is 0.220 e. The molecular formula is C8H10BNO2. The summed E-state index contributed by atoms with van der Waals surface area (Å²) in [5.41, 5.74) is 6.69. The third-order valence-corrected chi connectivity index (χ3v) is 1.79. The van der Waals surface area contributed by atoms with Crippen LogP contribution in [0.1, 0.15) is 13.3 Å². The molecule has 1 aliphatic heterocycles. The van der Waals surface area contributed by atoms with Gasteiger partial charge in [0, 0.05) is 6.42 Å². The zero-order chi connectivity index (χ0) is 9.14. The van der Waals surface area contributed by atoms with Gasteiger partial charge in [-0.15, -0.1) is 0 Å². The maximum absolute atomic E-state index is 10.9. The third-order valence-electron chi connectivity index (χ3n) is 1.79. The van der Waals surface area contributed by atoms with Crippen LogP contribution in [0.2, 0.25) is 0 Å². The number of allylic oxidation sites excluding steroid dienone is 3. The standard InChI is InChI=1S/C8H10BNO2/c1-5(11)7-3-2-6(9-7)4-8(10)12/h2-3,9H,4H2,1H3,(H2,10,12). The van der Waals surface area contributed by atoms with Crippen molar-refractivity contribution in [1.29, 1.82) is 0 Å². The van der Waals surface area contributed by atoms with Crippen LogP contribution in [-0.4, -0.2) is 19.0 Å². The summed E-state index contributed by atoms with van der Waals surface area (Å²) in [6.45, 7) is 1.52. The molecule has 0 aromatic heterocycles. The van der Waals surface area contributed by atoms with Crippen LogP contribution in [0, 0.1) is 0 Å². The van der Waals surface area contributed by atoms with Gasteiger partial charge in [-0.2, -0.15) is 0 Å². The highest BCUT2D eigenvalue weighted by molar-refractivity contribution is 6.62. The first-order valence-electron chi connectivity index (χ1n) is 3.77. The van der Waals surface area contributed by atoms with E-state index in [0.29, 0.717) is 7.28 Å². The quantitative estimate of drug-likeness (QED) is 0.579. The van der Waals surface area contributed by atoms with E-state index in [-0.39, 0.29) is 18.1 Å². The van der Waals surface area contributed by atoms with E-state index in [1.165, 1.54) is 6.92 Å². The molecule has 0 aliphatic carbocycles. The Hall–Kier alpha value is -1.32. The van der Waals surface area contributed by atoms with Gasteiger partial charge >= 0.3 is 0 Å². The predicted octanol–water partition coefficient (Wildman–Crippen LogP) is -0.331. The van der Waals surface area contributed by atoms with Crippen molar-refractivity contribution >= 4 is 19.0 Å². The summed E-state index contributed by atoms with van der Waals surface area (Å²) in [6, 6.07) is 0. The molecule has 12 heavy (non-hydrogen) atoms. The Morgan fingerprint density at radius 2 is 2.17 bits per heavy atom. The monoisotopic (exact) mass is 163 g/mol. The van der Waals surface area contributed by atoms with Crippen LogP contribution in [0.15, 0.2) is 23.1 Å². The molecule has 0 fully saturated rings. The lowest BCUT2D eigenvalue weighted by atomic mass is 9.64. The minimum absolute atomic E-state index is 0.0609. The number of primary amides is 1. The van der Waals surface area contributed by atoms with Gasteiger partial charge in [-0.25, -0.2) is 0 Å². The van der Waals surface area contributed by atoms with Crippen molar-refractivity contribution in [2.45, 2.75) is 13.3 Å². The number of ketones is 1. The number of hydrogen-bond donors (Lipinski definition) is 1. The molecular weight excluding hydrogens is 153 g/mol.